The number of benzene rings is 4. The summed E-state index contributed by atoms with van der Waals surface area (Å²) in [4.78, 5) is 24.8. The van der Waals surface area contributed by atoms with Gasteiger partial charge in [-0.3, -0.25) is 9.10 Å². The molecular weight excluding hydrogens is 476 g/mol. The van der Waals surface area contributed by atoms with Crippen LogP contribution >= 0.6 is 0 Å². The molecule has 0 saturated heterocycles. The first-order valence-electron chi connectivity index (χ1n) is 11.4. The quantitative estimate of drug-likeness (QED) is 0.342. The monoisotopic (exact) mass is 502 g/mol. The summed E-state index contributed by atoms with van der Waals surface area (Å²) in [5.41, 5.74) is 2.31. The molecule has 0 fully saturated rings. The van der Waals surface area contributed by atoms with Gasteiger partial charge in [-0.05, 0) is 78.7 Å². The van der Waals surface area contributed by atoms with Crippen molar-refractivity contribution in [2.24, 2.45) is 0 Å². The third-order valence-corrected chi connectivity index (χ3v) is 7.81. The summed E-state index contributed by atoms with van der Waals surface area (Å²) in [5, 5.41) is 4.87. The molecule has 0 aliphatic heterocycles. The lowest BCUT2D eigenvalue weighted by molar-refractivity contribution is 0.0599. The van der Waals surface area contributed by atoms with Crippen LogP contribution in [0.4, 0.5) is 11.4 Å². The minimum atomic E-state index is -3.95. The lowest BCUT2D eigenvalue weighted by Gasteiger charge is -2.23. The molecule has 1 amide bonds. The van der Waals surface area contributed by atoms with Gasteiger partial charge in [0.15, 0.2) is 0 Å². The number of methoxy groups -OCH3 is 1. The van der Waals surface area contributed by atoms with Gasteiger partial charge in [0, 0.05) is 17.8 Å². The van der Waals surface area contributed by atoms with Gasteiger partial charge in [0.25, 0.3) is 15.9 Å². The van der Waals surface area contributed by atoms with Crippen LogP contribution in [0.2, 0.25) is 0 Å². The Labute approximate surface area is 210 Å². The first-order chi connectivity index (χ1) is 17.2. The molecule has 4 aromatic rings. The number of hydrogen-bond donors (Lipinski definition) is 1. The topological polar surface area (TPSA) is 92.8 Å². The van der Waals surface area contributed by atoms with Crippen LogP contribution in [0.25, 0.3) is 10.8 Å². The van der Waals surface area contributed by atoms with E-state index in [4.69, 9.17) is 4.74 Å². The van der Waals surface area contributed by atoms with Crippen LogP contribution in [0.5, 0.6) is 0 Å². The van der Waals surface area contributed by atoms with E-state index in [1.165, 1.54) is 23.5 Å². The van der Waals surface area contributed by atoms with Crippen LogP contribution in [0.1, 0.15) is 33.2 Å². The number of carbonyl (C=O) groups excluding carboxylic acids is 2. The van der Waals surface area contributed by atoms with E-state index in [1.54, 1.807) is 50.2 Å². The molecule has 0 aliphatic carbocycles. The Balaban J connectivity index is 1.56. The maximum absolute atomic E-state index is 13.4. The molecule has 4 rings (SSSR count). The Bertz CT molecular complexity index is 1550. The lowest BCUT2D eigenvalue weighted by atomic mass is 10.1. The van der Waals surface area contributed by atoms with Crippen molar-refractivity contribution in [2.75, 3.05) is 23.3 Å². The smallest absolute Gasteiger partial charge is 0.338 e. The number of fused-ring (bicyclic) bond motifs is 1. The molecule has 7 nitrogen and oxygen atoms in total. The predicted molar refractivity (Wildman–Crippen MR) is 141 cm³/mol. The van der Waals surface area contributed by atoms with E-state index in [-0.39, 0.29) is 22.9 Å². The van der Waals surface area contributed by atoms with Gasteiger partial charge in [-0.2, -0.15) is 0 Å². The molecule has 0 bridgehead atoms. The molecule has 0 unspecified atom stereocenters. The van der Waals surface area contributed by atoms with Crippen LogP contribution in [-0.4, -0.2) is 33.9 Å². The molecule has 8 heteroatoms. The van der Waals surface area contributed by atoms with Crippen molar-refractivity contribution >= 4 is 44.0 Å². The van der Waals surface area contributed by atoms with Gasteiger partial charge in [0.2, 0.25) is 0 Å². The molecule has 0 saturated carbocycles. The Morgan fingerprint density at radius 3 is 2.25 bits per heavy atom. The molecule has 0 aromatic heterocycles. The summed E-state index contributed by atoms with van der Waals surface area (Å²) < 4.78 is 32.8. The average molecular weight is 503 g/mol. The second-order valence-corrected chi connectivity index (χ2v) is 10.1. The highest BCUT2D eigenvalue weighted by Gasteiger charge is 2.25. The number of ether oxygens (including phenoxy) is 1. The molecular formula is C28H26N2O5S. The van der Waals surface area contributed by atoms with E-state index < -0.39 is 16.0 Å². The van der Waals surface area contributed by atoms with Crippen molar-refractivity contribution in [2.45, 2.75) is 18.7 Å². The van der Waals surface area contributed by atoms with Crippen LogP contribution in [0, 0.1) is 6.92 Å². The maximum Gasteiger partial charge on any atom is 0.338 e. The van der Waals surface area contributed by atoms with Crippen molar-refractivity contribution < 1.29 is 22.7 Å². The number of nitrogens with one attached hydrogen (secondary N) is 1. The molecule has 0 radical (unpaired) electrons. The zero-order valence-electron chi connectivity index (χ0n) is 20.2. The summed E-state index contributed by atoms with van der Waals surface area (Å²) >= 11 is 0. The van der Waals surface area contributed by atoms with Gasteiger partial charge in [0.05, 0.1) is 23.3 Å². The summed E-state index contributed by atoms with van der Waals surface area (Å²) in [6.45, 7) is 3.61. The Morgan fingerprint density at radius 1 is 0.889 bits per heavy atom. The molecule has 0 aliphatic rings. The third-order valence-electron chi connectivity index (χ3n) is 5.91. The molecule has 0 spiro atoms. The molecule has 184 valence electrons. The second-order valence-electron chi connectivity index (χ2n) is 8.20. The standard InChI is InChI=1S/C28H26N2O5S/c1-4-30(36(33,34)25-16-9-19(2)26(18-25)28(32)35-3)24-14-12-23(13-15-24)29-27(31)22-11-10-20-7-5-6-8-21(20)17-22/h5-18H,4H2,1-3H3,(H,29,31). The highest BCUT2D eigenvalue weighted by Crippen LogP contribution is 2.27. The van der Waals surface area contributed by atoms with E-state index in [0.717, 1.165) is 10.8 Å². The van der Waals surface area contributed by atoms with Crippen molar-refractivity contribution in [1.29, 1.82) is 0 Å². The Morgan fingerprint density at radius 2 is 1.58 bits per heavy atom. The first-order valence-corrected chi connectivity index (χ1v) is 12.8. The first kappa shape index (κ1) is 24.9. The van der Waals surface area contributed by atoms with Gasteiger partial charge in [-0.25, -0.2) is 13.2 Å². The van der Waals surface area contributed by atoms with E-state index >= 15 is 0 Å². The van der Waals surface area contributed by atoms with Gasteiger partial charge in [-0.15, -0.1) is 0 Å². The third kappa shape index (κ3) is 4.94. The van der Waals surface area contributed by atoms with Crippen molar-refractivity contribution in [3.63, 3.8) is 0 Å². The summed E-state index contributed by atoms with van der Waals surface area (Å²) in [6.07, 6.45) is 0. The zero-order valence-corrected chi connectivity index (χ0v) is 21.0. The normalized spacial score (nSPS) is 11.2. The minimum absolute atomic E-state index is 0.0102. The number of sulfonamides is 1. The van der Waals surface area contributed by atoms with Gasteiger partial charge in [-0.1, -0.05) is 36.4 Å². The van der Waals surface area contributed by atoms with E-state index in [1.807, 2.05) is 36.4 Å². The van der Waals surface area contributed by atoms with Gasteiger partial charge >= 0.3 is 5.97 Å². The number of amides is 1. The number of esters is 1. The van der Waals surface area contributed by atoms with Crippen LogP contribution < -0.4 is 9.62 Å². The number of hydrogen-bond acceptors (Lipinski definition) is 5. The Hall–Kier alpha value is -4.17. The average Bonchev–Trinajstić information content (AvgIpc) is 2.89. The number of anilines is 2. The predicted octanol–water partition coefficient (Wildman–Crippen LogP) is 5.40. The summed E-state index contributed by atoms with van der Waals surface area (Å²) in [6, 6.07) is 24.2. The van der Waals surface area contributed by atoms with Crippen molar-refractivity contribution in [1.82, 2.24) is 0 Å². The van der Waals surface area contributed by atoms with Crippen molar-refractivity contribution in [3.8, 4) is 0 Å². The SMILES string of the molecule is CCN(c1ccc(NC(=O)c2ccc3ccccc3c2)cc1)S(=O)(=O)c1ccc(C)c(C(=O)OC)c1. The molecule has 4 aromatic carbocycles. The maximum atomic E-state index is 13.4. The van der Waals surface area contributed by atoms with E-state index in [9.17, 15) is 18.0 Å². The number of aryl methyl sites for hydroxylation is 1. The highest BCUT2D eigenvalue weighted by molar-refractivity contribution is 7.92. The fourth-order valence-corrected chi connectivity index (χ4v) is 5.46. The highest BCUT2D eigenvalue weighted by atomic mass is 32.2. The zero-order chi connectivity index (χ0) is 25.9. The van der Waals surface area contributed by atoms with E-state index in [0.29, 0.717) is 22.5 Å². The summed E-state index contributed by atoms with van der Waals surface area (Å²) in [5.74, 6) is -0.859. The van der Waals surface area contributed by atoms with Crippen LogP contribution in [0.15, 0.2) is 89.8 Å². The van der Waals surface area contributed by atoms with Gasteiger partial charge < -0.3 is 10.1 Å². The lowest BCUT2D eigenvalue weighted by Crippen LogP contribution is -2.31. The van der Waals surface area contributed by atoms with Crippen LogP contribution in [0.3, 0.4) is 0 Å². The Kier molecular flexibility index (Phi) is 7.07. The number of nitrogens with zero attached hydrogens (tertiary/aromatic N) is 1. The largest absolute Gasteiger partial charge is 0.465 e. The number of carbonyl (C=O) groups is 2. The van der Waals surface area contributed by atoms with E-state index in [2.05, 4.69) is 5.32 Å². The summed E-state index contributed by atoms with van der Waals surface area (Å²) in [7, 11) is -2.70. The second kappa shape index (κ2) is 10.2. The molecule has 36 heavy (non-hydrogen) atoms. The van der Waals surface area contributed by atoms with Gasteiger partial charge in [0.1, 0.15) is 0 Å². The fraction of sp³-hybridized carbons (Fsp3) is 0.143. The van der Waals surface area contributed by atoms with Crippen molar-refractivity contribution in [3.05, 3.63) is 102 Å². The van der Waals surface area contributed by atoms with Crippen LogP contribution in [-0.2, 0) is 14.8 Å². The molecule has 1 N–H and O–H groups in total. The molecule has 0 heterocycles. The fourth-order valence-electron chi connectivity index (χ4n) is 3.95. The number of rotatable bonds is 7. The minimum Gasteiger partial charge on any atom is -0.465 e. The molecule has 0 atom stereocenters.